The first-order chi connectivity index (χ1) is 6.44. The highest BCUT2D eigenvalue weighted by Crippen LogP contribution is 2.18. The van der Waals surface area contributed by atoms with Crippen LogP contribution in [0.1, 0.15) is 13.3 Å². The van der Waals surface area contributed by atoms with Crippen molar-refractivity contribution in [2.24, 2.45) is 5.92 Å². The molecule has 1 heterocycles. The third kappa shape index (κ3) is 3.24. The van der Waals surface area contributed by atoms with Gasteiger partial charge in [0.15, 0.2) is 9.84 Å². The maximum atomic E-state index is 11.5. The van der Waals surface area contributed by atoms with E-state index in [0.29, 0.717) is 11.8 Å². The van der Waals surface area contributed by atoms with Gasteiger partial charge in [-0.05, 0) is 13.3 Å². The van der Waals surface area contributed by atoms with Gasteiger partial charge in [0.1, 0.15) is 0 Å². The molecular formula is C8H14BrNO3S. The Kier molecular flexibility index (Phi) is 3.94. The molecule has 14 heavy (non-hydrogen) atoms. The lowest BCUT2D eigenvalue weighted by atomic mass is 10.1. The maximum absolute atomic E-state index is 11.5. The lowest BCUT2D eigenvalue weighted by Crippen LogP contribution is -2.38. The molecule has 1 rings (SSSR count). The molecule has 1 amide bonds. The predicted molar refractivity (Wildman–Crippen MR) is 58.2 cm³/mol. The van der Waals surface area contributed by atoms with Gasteiger partial charge in [0, 0.05) is 11.4 Å². The number of alkyl halides is 1. The summed E-state index contributed by atoms with van der Waals surface area (Å²) >= 11 is 3.24. The van der Waals surface area contributed by atoms with E-state index in [1.54, 1.807) is 0 Å². The van der Waals surface area contributed by atoms with E-state index in [4.69, 9.17) is 0 Å². The normalized spacial score (nSPS) is 27.1. The molecule has 0 aromatic rings. The largest absolute Gasteiger partial charge is 0.353 e. The van der Waals surface area contributed by atoms with Crippen LogP contribution in [-0.2, 0) is 14.6 Å². The quantitative estimate of drug-likeness (QED) is 0.759. The molecule has 6 heteroatoms. The molecule has 1 N–H and O–H groups in total. The molecular weight excluding hydrogens is 270 g/mol. The lowest BCUT2D eigenvalue weighted by Gasteiger charge is -2.13. The van der Waals surface area contributed by atoms with Crippen LogP contribution in [0.3, 0.4) is 0 Å². The van der Waals surface area contributed by atoms with Crippen LogP contribution in [0.25, 0.3) is 0 Å². The van der Waals surface area contributed by atoms with E-state index < -0.39 is 9.84 Å². The fraction of sp³-hybridized carbons (Fsp3) is 0.875. The standard InChI is InChI=1S/C8H14BrNO3S/c1-6(4-9)10-8(11)7-2-3-14(12,13)5-7/h6-7H,2-5H2,1H3,(H,10,11). The van der Waals surface area contributed by atoms with E-state index in [-0.39, 0.29) is 29.4 Å². The van der Waals surface area contributed by atoms with Gasteiger partial charge in [-0.15, -0.1) is 0 Å². The Bertz CT molecular complexity index is 315. The van der Waals surface area contributed by atoms with E-state index >= 15 is 0 Å². The van der Waals surface area contributed by atoms with Gasteiger partial charge < -0.3 is 5.32 Å². The molecule has 0 spiro atoms. The first-order valence-electron chi connectivity index (χ1n) is 4.51. The smallest absolute Gasteiger partial charge is 0.224 e. The second-order valence-corrected chi connectivity index (χ2v) is 6.54. The average molecular weight is 284 g/mol. The number of amides is 1. The summed E-state index contributed by atoms with van der Waals surface area (Å²) < 4.78 is 22.2. The van der Waals surface area contributed by atoms with E-state index in [0.717, 1.165) is 0 Å². The second-order valence-electron chi connectivity index (χ2n) is 3.66. The molecule has 0 aromatic heterocycles. The van der Waals surface area contributed by atoms with Gasteiger partial charge in [0.25, 0.3) is 0 Å². The Morgan fingerprint density at radius 2 is 2.29 bits per heavy atom. The molecule has 82 valence electrons. The Labute approximate surface area is 92.5 Å². The van der Waals surface area contributed by atoms with Crippen LogP contribution in [0, 0.1) is 5.92 Å². The highest BCUT2D eigenvalue weighted by Gasteiger charge is 2.33. The molecule has 4 nitrogen and oxygen atoms in total. The van der Waals surface area contributed by atoms with Crippen molar-refractivity contribution in [2.45, 2.75) is 19.4 Å². The van der Waals surface area contributed by atoms with E-state index in [9.17, 15) is 13.2 Å². The minimum absolute atomic E-state index is 0.00778. The Morgan fingerprint density at radius 1 is 1.64 bits per heavy atom. The summed E-state index contributed by atoms with van der Waals surface area (Å²) in [6.07, 6.45) is 0.461. The van der Waals surface area contributed by atoms with Gasteiger partial charge in [0.05, 0.1) is 17.4 Å². The van der Waals surface area contributed by atoms with Crippen LogP contribution in [0.15, 0.2) is 0 Å². The fourth-order valence-corrected chi connectivity index (χ4v) is 3.30. The third-order valence-corrected chi connectivity index (χ3v) is 4.96. The monoisotopic (exact) mass is 283 g/mol. The molecule has 1 aliphatic rings. The number of sulfone groups is 1. The zero-order valence-electron chi connectivity index (χ0n) is 7.99. The van der Waals surface area contributed by atoms with Crippen molar-refractivity contribution < 1.29 is 13.2 Å². The number of hydrogen-bond acceptors (Lipinski definition) is 3. The van der Waals surface area contributed by atoms with Gasteiger partial charge >= 0.3 is 0 Å². The van der Waals surface area contributed by atoms with Crippen LogP contribution in [0.5, 0.6) is 0 Å². The Morgan fingerprint density at radius 3 is 2.71 bits per heavy atom. The molecule has 0 radical (unpaired) electrons. The fourth-order valence-electron chi connectivity index (χ4n) is 1.40. The van der Waals surface area contributed by atoms with Crippen LogP contribution in [0.4, 0.5) is 0 Å². The number of carbonyl (C=O) groups excluding carboxylic acids is 1. The van der Waals surface area contributed by atoms with Gasteiger partial charge in [0.2, 0.25) is 5.91 Å². The van der Waals surface area contributed by atoms with Crippen molar-refractivity contribution in [1.82, 2.24) is 5.32 Å². The van der Waals surface area contributed by atoms with Crippen molar-refractivity contribution in [2.75, 3.05) is 16.8 Å². The van der Waals surface area contributed by atoms with Crippen molar-refractivity contribution in [1.29, 1.82) is 0 Å². The predicted octanol–water partition coefficient (Wildman–Crippen LogP) is 0.321. The highest BCUT2D eigenvalue weighted by atomic mass is 79.9. The molecule has 1 aliphatic heterocycles. The molecule has 0 aliphatic carbocycles. The molecule has 2 unspecified atom stereocenters. The summed E-state index contributed by atoms with van der Waals surface area (Å²) in [6.45, 7) is 1.87. The molecule has 1 saturated heterocycles. The van der Waals surface area contributed by atoms with Gasteiger partial charge in [-0.1, -0.05) is 15.9 Å². The zero-order chi connectivity index (χ0) is 10.8. The lowest BCUT2D eigenvalue weighted by molar-refractivity contribution is -0.124. The summed E-state index contributed by atoms with van der Waals surface area (Å²) in [4.78, 5) is 11.5. The average Bonchev–Trinajstić information content (AvgIpc) is 2.46. The Balaban J connectivity index is 2.48. The second kappa shape index (κ2) is 4.61. The minimum atomic E-state index is -2.96. The maximum Gasteiger partial charge on any atom is 0.224 e. The van der Waals surface area contributed by atoms with Crippen molar-refractivity contribution in [3.8, 4) is 0 Å². The van der Waals surface area contributed by atoms with Crippen LogP contribution < -0.4 is 5.32 Å². The van der Waals surface area contributed by atoms with Crippen molar-refractivity contribution >= 4 is 31.7 Å². The van der Waals surface area contributed by atoms with Crippen LogP contribution >= 0.6 is 15.9 Å². The summed E-state index contributed by atoms with van der Waals surface area (Å²) in [5.74, 6) is -0.332. The summed E-state index contributed by atoms with van der Waals surface area (Å²) in [6, 6.07) is 0.0470. The number of nitrogens with one attached hydrogen (secondary N) is 1. The minimum Gasteiger partial charge on any atom is -0.353 e. The van der Waals surface area contributed by atoms with Crippen molar-refractivity contribution in [3.63, 3.8) is 0 Å². The number of halogens is 1. The first kappa shape index (κ1) is 12.0. The summed E-state index contributed by atoms with van der Waals surface area (Å²) in [5.41, 5.74) is 0. The molecule has 1 fully saturated rings. The summed E-state index contributed by atoms with van der Waals surface area (Å²) in [5, 5.41) is 3.44. The van der Waals surface area contributed by atoms with E-state index in [1.807, 2.05) is 6.92 Å². The van der Waals surface area contributed by atoms with Crippen molar-refractivity contribution in [3.05, 3.63) is 0 Å². The first-order valence-corrected chi connectivity index (χ1v) is 7.45. The van der Waals surface area contributed by atoms with Gasteiger partial charge in [-0.2, -0.15) is 0 Å². The van der Waals surface area contributed by atoms with Gasteiger partial charge in [-0.25, -0.2) is 8.42 Å². The SMILES string of the molecule is CC(CBr)NC(=O)C1CCS(=O)(=O)C1. The van der Waals surface area contributed by atoms with E-state index in [1.165, 1.54) is 0 Å². The Hall–Kier alpha value is -0.100. The molecule has 0 bridgehead atoms. The topological polar surface area (TPSA) is 63.2 Å². The van der Waals surface area contributed by atoms with E-state index in [2.05, 4.69) is 21.2 Å². The van der Waals surface area contributed by atoms with Crippen LogP contribution in [-0.4, -0.2) is 37.2 Å². The number of hydrogen-bond donors (Lipinski definition) is 1. The third-order valence-electron chi connectivity index (χ3n) is 2.22. The molecule has 0 aromatic carbocycles. The molecule has 2 atom stereocenters. The number of carbonyl (C=O) groups is 1. The van der Waals surface area contributed by atoms with Crippen LogP contribution in [0.2, 0.25) is 0 Å². The summed E-state index contributed by atoms with van der Waals surface area (Å²) in [7, 11) is -2.96. The zero-order valence-corrected chi connectivity index (χ0v) is 10.4. The van der Waals surface area contributed by atoms with Gasteiger partial charge in [-0.3, -0.25) is 4.79 Å². The number of rotatable bonds is 3. The molecule has 0 saturated carbocycles. The highest BCUT2D eigenvalue weighted by molar-refractivity contribution is 9.09.